The topological polar surface area (TPSA) is 48.1 Å². The molecular formula is C19H44N4. The number of nitrogens with one attached hydrogen (secondary N) is 4. The van der Waals surface area contributed by atoms with Crippen molar-refractivity contribution >= 4 is 0 Å². The monoisotopic (exact) mass is 328 g/mol. The van der Waals surface area contributed by atoms with Crippen molar-refractivity contribution < 1.29 is 0 Å². The maximum absolute atomic E-state index is 3.53. The molecule has 4 N–H and O–H groups in total. The molecule has 0 saturated carbocycles. The second-order valence-corrected chi connectivity index (χ2v) is 7.00. The molecule has 4 nitrogen and oxygen atoms in total. The molecule has 0 aliphatic heterocycles. The normalized spacial score (nSPS) is 14.1. The lowest BCUT2D eigenvalue weighted by atomic mass is 10.1. The van der Waals surface area contributed by atoms with E-state index in [1.54, 1.807) is 0 Å². The van der Waals surface area contributed by atoms with Gasteiger partial charge in [-0.25, -0.2) is 0 Å². The summed E-state index contributed by atoms with van der Waals surface area (Å²) in [5, 5.41) is 14.1. The SMILES string of the molecule is CC[C@@H](C)CNCCCNCCCNCCCNC[C@H](C)CC. The Labute approximate surface area is 146 Å². The molecule has 4 heteroatoms. The van der Waals surface area contributed by atoms with Gasteiger partial charge < -0.3 is 21.3 Å². The van der Waals surface area contributed by atoms with E-state index in [2.05, 4.69) is 49.0 Å². The van der Waals surface area contributed by atoms with Crippen LogP contribution in [0, 0.1) is 11.8 Å². The molecule has 0 amide bonds. The van der Waals surface area contributed by atoms with Crippen molar-refractivity contribution in [2.75, 3.05) is 52.4 Å². The highest BCUT2D eigenvalue weighted by atomic mass is 14.9. The van der Waals surface area contributed by atoms with Gasteiger partial charge in [-0.15, -0.1) is 0 Å². The van der Waals surface area contributed by atoms with Crippen molar-refractivity contribution in [3.63, 3.8) is 0 Å². The van der Waals surface area contributed by atoms with Crippen molar-refractivity contribution in [1.82, 2.24) is 21.3 Å². The summed E-state index contributed by atoms with van der Waals surface area (Å²) in [6.45, 7) is 18.2. The van der Waals surface area contributed by atoms with Gasteiger partial charge in [0.2, 0.25) is 0 Å². The Morgan fingerprint density at radius 3 is 1.13 bits per heavy atom. The van der Waals surface area contributed by atoms with Gasteiger partial charge >= 0.3 is 0 Å². The molecule has 0 fully saturated rings. The summed E-state index contributed by atoms with van der Waals surface area (Å²) >= 11 is 0. The Balaban J connectivity index is 3.03. The molecule has 0 heterocycles. The molecule has 0 rings (SSSR count). The Bertz CT molecular complexity index is 201. The molecule has 23 heavy (non-hydrogen) atoms. The molecule has 0 aromatic heterocycles. The van der Waals surface area contributed by atoms with Crippen LogP contribution in [0.4, 0.5) is 0 Å². The minimum absolute atomic E-state index is 0.805. The summed E-state index contributed by atoms with van der Waals surface area (Å²) in [4.78, 5) is 0. The van der Waals surface area contributed by atoms with Crippen LogP contribution in [0.5, 0.6) is 0 Å². The average molecular weight is 329 g/mol. The summed E-state index contributed by atoms with van der Waals surface area (Å²) in [5.74, 6) is 1.61. The van der Waals surface area contributed by atoms with E-state index in [0.717, 1.165) is 64.2 Å². The number of hydrogen-bond donors (Lipinski definition) is 4. The maximum atomic E-state index is 3.53. The molecule has 0 aromatic rings. The zero-order valence-corrected chi connectivity index (χ0v) is 16.3. The zero-order valence-electron chi connectivity index (χ0n) is 16.3. The zero-order chi connectivity index (χ0) is 17.2. The van der Waals surface area contributed by atoms with Gasteiger partial charge in [0.1, 0.15) is 0 Å². The summed E-state index contributed by atoms with van der Waals surface area (Å²) in [7, 11) is 0. The first-order valence-electron chi connectivity index (χ1n) is 10.0. The average Bonchev–Trinajstić information content (AvgIpc) is 2.57. The largest absolute Gasteiger partial charge is 0.317 e. The predicted octanol–water partition coefficient (Wildman–Crippen LogP) is 2.61. The third kappa shape index (κ3) is 18.0. The predicted molar refractivity (Wildman–Crippen MR) is 104 cm³/mol. The van der Waals surface area contributed by atoms with Crippen molar-refractivity contribution in [2.24, 2.45) is 11.8 Å². The van der Waals surface area contributed by atoms with E-state index in [1.807, 2.05) is 0 Å². The van der Waals surface area contributed by atoms with E-state index in [0.29, 0.717) is 0 Å². The third-order valence-electron chi connectivity index (χ3n) is 4.50. The highest BCUT2D eigenvalue weighted by Crippen LogP contribution is 1.97. The highest BCUT2D eigenvalue weighted by Gasteiger charge is 1.97. The Morgan fingerprint density at radius 1 is 0.522 bits per heavy atom. The van der Waals surface area contributed by atoms with Gasteiger partial charge in [0.05, 0.1) is 0 Å². The molecule has 0 aliphatic carbocycles. The minimum Gasteiger partial charge on any atom is -0.317 e. The van der Waals surface area contributed by atoms with Gasteiger partial charge in [-0.3, -0.25) is 0 Å². The summed E-state index contributed by atoms with van der Waals surface area (Å²) in [6, 6.07) is 0. The fourth-order valence-corrected chi connectivity index (χ4v) is 2.25. The molecule has 0 saturated heterocycles. The summed E-state index contributed by atoms with van der Waals surface area (Å²) < 4.78 is 0. The number of hydrogen-bond acceptors (Lipinski definition) is 4. The molecule has 0 radical (unpaired) electrons. The smallest absolute Gasteiger partial charge is 0.00232 e. The van der Waals surface area contributed by atoms with Crippen LogP contribution in [0.15, 0.2) is 0 Å². The van der Waals surface area contributed by atoms with Crippen molar-refractivity contribution in [3.05, 3.63) is 0 Å². The molecule has 140 valence electrons. The molecule has 2 atom stereocenters. The quantitative estimate of drug-likeness (QED) is 0.292. The summed E-state index contributed by atoms with van der Waals surface area (Å²) in [6.07, 6.45) is 6.22. The Hall–Kier alpha value is -0.160. The molecule has 0 bridgehead atoms. The van der Waals surface area contributed by atoms with E-state index in [9.17, 15) is 0 Å². The minimum atomic E-state index is 0.805. The molecule has 0 spiro atoms. The van der Waals surface area contributed by atoms with Crippen LogP contribution in [0.2, 0.25) is 0 Å². The molecule has 0 aliphatic rings. The van der Waals surface area contributed by atoms with E-state index in [1.165, 1.54) is 32.1 Å². The van der Waals surface area contributed by atoms with Crippen LogP contribution >= 0.6 is 0 Å². The van der Waals surface area contributed by atoms with Gasteiger partial charge in [-0.05, 0) is 83.5 Å². The van der Waals surface area contributed by atoms with E-state index < -0.39 is 0 Å². The van der Waals surface area contributed by atoms with Crippen LogP contribution < -0.4 is 21.3 Å². The fourth-order valence-electron chi connectivity index (χ4n) is 2.25. The van der Waals surface area contributed by atoms with Crippen molar-refractivity contribution in [3.8, 4) is 0 Å². The van der Waals surface area contributed by atoms with Gasteiger partial charge in [0.25, 0.3) is 0 Å². The molecular weight excluding hydrogens is 284 g/mol. The lowest BCUT2D eigenvalue weighted by Gasteiger charge is -2.11. The fraction of sp³-hybridized carbons (Fsp3) is 1.00. The first kappa shape index (κ1) is 22.8. The van der Waals surface area contributed by atoms with Crippen LogP contribution in [0.3, 0.4) is 0 Å². The Morgan fingerprint density at radius 2 is 0.826 bits per heavy atom. The first-order chi connectivity index (χ1) is 11.2. The van der Waals surface area contributed by atoms with Gasteiger partial charge in [-0.1, -0.05) is 40.5 Å². The molecule has 0 unspecified atom stereocenters. The van der Waals surface area contributed by atoms with Crippen molar-refractivity contribution in [1.29, 1.82) is 0 Å². The van der Waals surface area contributed by atoms with Crippen LogP contribution in [-0.4, -0.2) is 52.4 Å². The molecule has 0 aromatic carbocycles. The van der Waals surface area contributed by atoms with Crippen molar-refractivity contribution in [2.45, 2.75) is 59.8 Å². The van der Waals surface area contributed by atoms with E-state index in [-0.39, 0.29) is 0 Å². The van der Waals surface area contributed by atoms with E-state index in [4.69, 9.17) is 0 Å². The van der Waals surface area contributed by atoms with Crippen LogP contribution in [0.25, 0.3) is 0 Å². The van der Waals surface area contributed by atoms with Gasteiger partial charge in [-0.2, -0.15) is 0 Å². The van der Waals surface area contributed by atoms with E-state index >= 15 is 0 Å². The highest BCUT2D eigenvalue weighted by molar-refractivity contribution is 4.58. The Kier molecular flexibility index (Phi) is 18.1. The summed E-state index contributed by atoms with van der Waals surface area (Å²) in [5.41, 5.74) is 0. The number of rotatable bonds is 18. The first-order valence-corrected chi connectivity index (χ1v) is 10.0. The lowest BCUT2D eigenvalue weighted by molar-refractivity contribution is 0.484. The van der Waals surface area contributed by atoms with Crippen LogP contribution in [0.1, 0.15) is 59.8 Å². The maximum Gasteiger partial charge on any atom is -0.00232 e. The van der Waals surface area contributed by atoms with Gasteiger partial charge in [0.15, 0.2) is 0 Å². The second kappa shape index (κ2) is 18.2. The third-order valence-corrected chi connectivity index (χ3v) is 4.50. The van der Waals surface area contributed by atoms with Crippen LogP contribution in [-0.2, 0) is 0 Å². The van der Waals surface area contributed by atoms with Gasteiger partial charge in [0, 0.05) is 0 Å². The lowest BCUT2D eigenvalue weighted by Crippen LogP contribution is -2.28. The standard InChI is InChI=1S/C19H44N4/c1-5-18(3)16-22-14-8-12-20-10-7-11-21-13-9-15-23-17-19(4)6-2/h18-23H,5-17H2,1-4H3/t18-,19-/m1/s1. The second-order valence-electron chi connectivity index (χ2n) is 7.00.